The van der Waals surface area contributed by atoms with Crippen LogP contribution in [0.4, 0.5) is 0 Å². The van der Waals surface area contributed by atoms with Gasteiger partial charge < -0.3 is 0 Å². The molecule has 27 heavy (non-hydrogen) atoms. The Morgan fingerprint density at radius 1 is 0.963 bits per heavy atom. The van der Waals surface area contributed by atoms with E-state index in [4.69, 9.17) is 5.26 Å². The monoisotopic (exact) mass is 393 g/mol. The minimum atomic E-state index is 0.756. The van der Waals surface area contributed by atoms with Gasteiger partial charge in [-0.1, -0.05) is 56.9 Å². The lowest BCUT2D eigenvalue weighted by atomic mass is 9.77. The van der Waals surface area contributed by atoms with E-state index in [-0.39, 0.29) is 0 Å². The van der Waals surface area contributed by atoms with Gasteiger partial charge in [0.2, 0.25) is 0 Å². The van der Waals surface area contributed by atoms with Crippen molar-refractivity contribution < 1.29 is 0 Å². The average molecular weight is 394 g/mol. The van der Waals surface area contributed by atoms with Gasteiger partial charge in [0.1, 0.15) is 10.9 Å². The van der Waals surface area contributed by atoms with Gasteiger partial charge in [-0.3, -0.25) is 0 Å². The zero-order valence-electron chi connectivity index (χ0n) is 16.0. The maximum Gasteiger partial charge on any atom is 0.110 e. The van der Waals surface area contributed by atoms with Crippen LogP contribution in [0, 0.1) is 17.2 Å². The summed E-state index contributed by atoms with van der Waals surface area (Å²) in [6.45, 7) is 2.30. The average Bonchev–Trinajstić information content (AvgIpc) is 3.28. The number of nitrogens with zero attached hydrogens (tertiary/aromatic N) is 1. The second kappa shape index (κ2) is 8.59. The number of nitriles is 1. The number of unbranched alkanes of at least 4 members (excludes halogenated alkanes) is 2. The Morgan fingerprint density at radius 2 is 1.70 bits per heavy atom. The highest BCUT2D eigenvalue weighted by Gasteiger charge is 2.22. The molecule has 3 aromatic rings. The summed E-state index contributed by atoms with van der Waals surface area (Å²) in [6, 6.07) is 15.8. The number of hydrogen-bond donors (Lipinski definition) is 0. The molecule has 3 heteroatoms. The topological polar surface area (TPSA) is 23.8 Å². The van der Waals surface area contributed by atoms with Crippen molar-refractivity contribution in [2.45, 2.75) is 64.2 Å². The zero-order chi connectivity index (χ0) is 18.6. The Hall–Kier alpha value is -1.63. The SMILES string of the molecule is CCCCCC1CCC(c2ccc(-c3cc4sc(C#N)cc4s3)cc2)CC1. The van der Waals surface area contributed by atoms with Gasteiger partial charge in [0.15, 0.2) is 0 Å². The van der Waals surface area contributed by atoms with Crippen LogP contribution in [0.15, 0.2) is 36.4 Å². The Kier molecular flexibility index (Phi) is 5.95. The largest absolute Gasteiger partial charge is 0.192 e. The first kappa shape index (κ1) is 18.7. The Balaban J connectivity index is 1.38. The fraction of sp³-hybridized carbons (Fsp3) is 0.458. The minimum Gasteiger partial charge on any atom is -0.192 e. The first-order valence-electron chi connectivity index (χ1n) is 10.3. The van der Waals surface area contributed by atoms with E-state index in [9.17, 15) is 0 Å². The van der Waals surface area contributed by atoms with Gasteiger partial charge in [-0.05, 0) is 60.8 Å². The van der Waals surface area contributed by atoms with Crippen LogP contribution < -0.4 is 0 Å². The van der Waals surface area contributed by atoms with E-state index in [1.54, 1.807) is 22.7 Å². The van der Waals surface area contributed by atoms with E-state index < -0.39 is 0 Å². The summed E-state index contributed by atoms with van der Waals surface area (Å²) in [5.74, 6) is 1.73. The summed E-state index contributed by atoms with van der Waals surface area (Å²) in [5.41, 5.74) is 2.83. The molecule has 1 nitrogen and oxygen atoms in total. The predicted octanol–water partition coefficient (Wildman–Crippen LogP) is 8.36. The van der Waals surface area contributed by atoms with Crippen molar-refractivity contribution in [2.75, 3.05) is 0 Å². The molecule has 2 heterocycles. The third kappa shape index (κ3) is 4.28. The van der Waals surface area contributed by atoms with Gasteiger partial charge in [0, 0.05) is 14.3 Å². The maximum atomic E-state index is 9.03. The third-order valence-electron chi connectivity index (χ3n) is 6.05. The van der Waals surface area contributed by atoms with Crippen molar-refractivity contribution in [3.05, 3.63) is 46.8 Å². The highest BCUT2D eigenvalue weighted by molar-refractivity contribution is 7.29. The molecule has 140 valence electrons. The molecule has 1 aliphatic rings. The van der Waals surface area contributed by atoms with Crippen LogP contribution in [0.1, 0.15) is 74.6 Å². The molecule has 0 radical (unpaired) electrons. The van der Waals surface area contributed by atoms with Gasteiger partial charge in [-0.15, -0.1) is 22.7 Å². The van der Waals surface area contributed by atoms with Gasteiger partial charge in [-0.2, -0.15) is 5.26 Å². The molecule has 0 saturated heterocycles. The molecule has 0 unspecified atom stereocenters. The lowest BCUT2D eigenvalue weighted by Gasteiger charge is -2.29. The van der Waals surface area contributed by atoms with E-state index in [0.29, 0.717) is 0 Å². The van der Waals surface area contributed by atoms with E-state index in [1.165, 1.54) is 76.8 Å². The number of rotatable bonds is 6. The molecule has 0 aliphatic heterocycles. The molecular weight excluding hydrogens is 366 g/mol. The van der Waals surface area contributed by atoms with E-state index >= 15 is 0 Å². The first-order valence-corrected chi connectivity index (χ1v) is 11.9. The second-order valence-corrected chi connectivity index (χ2v) is 10.1. The van der Waals surface area contributed by atoms with Gasteiger partial charge >= 0.3 is 0 Å². The fourth-order valence-electron chi connectivity index (χ4n) is 4.42. The molecule has 0 bridgehead atoms. The highest BCUT2D eigenvalue weighted by atomic mass is 32.1. The third-order valence-corrected chi connectivity index (χ3v) is 8.29. The lowest BCUT2D eigenvalue weighted by molar-refractivity contribution is 0.303. The quantitative estimate of drug-likeness (QED) is 0.386. The number of benzene rings is 1. The van der Waals surface area contributed by atoms with Gasteiger partial charge in [0.05, 0.1) is 0 Å². The molecule has 1 saturated carbocycles. The molecule has 0 spiro atoms. The van der Waals surface area contributed by atoms with Crippen LogP contribution >= 0.6 is 22.7 Å². The maximum absolute atomic E-state index is 9.03. The van der Waals surface area contributed by atoms with Crippen LogP contribution in [0.3, 0.4) is 0 Å². The molecule has 4 rings (SSSR count). The summed E-state index contributed by atoms with van der Waals surface area (Å²) in [5, 5.41) is 9.03. The van der Waals surface area contributed by atoms with E-state index in [2.05, 4.69) is 43.3 Å². The zero-order valence-corrected chi connectivity index (χ0v) is 17.7. The normalized spacial score (nSPS) is 20.0. The second-order valence-electron chi connectivity index (χ2n) is 7.90. The van der Waals surface area contributed by atoms with Crippen molar-refractivity contribution in [2.24, 2.45) is 5.92 Å². The summed E-state index contributed by atoms with van der Waals surface area (Å²) >= 11 is 3.39. The predicted molar refractivity (Wildman–Crippen MR) is 119 cm³/mol. The summed E-state index contributed by atoms with van der Waals surface area (Å²) in [4.78, 5) is 2.12. The van der Waals surface area contributed by atoms with Crippen LogP contribution in [0.25, 0.3) is 19.8 Å². The molecule has 1 fully saturated rings. The molecule has 0 atom stereocenters. The fourth-order valence-corrected chi connectivity index (χ4v) is 6.62. The minimum absolute atomic E-state index is 0.756. The van der Waals surface area contributed by atoms with Gasteiger partial charge in [0.25, 0.3) is 0 Å². The van der Waals surface area contributed by atoms with Crippen molar-refractivity contribution in [1.82, 2.24) is 0 Å². The molecule has 1 aliphatic carbocycles. The smallest absolute Gasteiger partial charge is 0.110 e. The van der Waals surface area contributed by atoms with Crippen molar-refractivity contribution >= 4 is 32.1 Å². The Labute approximate surface area is 170 Å². The number of thiophene rings is 2. The molecular formula is C24H27NS2. The molecule has 0 amide bonds. The van der Waals surface area contributed by atoms with Crippen LogP contribution in [-0.4, -0.2) is 0 Å². The lowest BCUT2D eigenvalue weighted by Crippen LogP contribution is -2.13. The van der Waals surface area contributed by atoms with Crippen molar-refractivity contribution in [3.8, 4) is 16.5 Å². The first-order chi connectivity index (χ1) is 13.3. The van der Waals surface area contributed by atoms with Crippen LogP contribution in [0.5, 0.6) is 0 Å². The van der Waals surface area contributed by atoms with Gasteiger partial charge in [-0.25, -0.2) is 0 Å². The number of hydrogen-bond acceptors (Lipinski definition) is 3. The summed E-state index contributed by atoms with van der Waals surface area (Å²) in [7, 11) is 0. The van der Waals surface area contributed by atoms with Crippen LogP contribution in [0.2, 0.25) is 0 Å². The summed E-state index contributed by atoms with van der Waals surface area (Å²) < 4.78 is 2.47. The number of fused-ring (bicyclic) bond motifs is 1. The van der Waals surface area contributed by atoms with Crippen LogP contribution in [-0.2, 0) is 0 Å². The molecule has 1 aromatic carbocycles. The van der Waals surface area contributed by atoms with E-state index in [1.807, 2.05) is 6.07 Å². The Morgan fingerprint density at radius 3 is 2.37 bits per heavy atom. The standard InChI is InChI=1S/C24H27NS2/c1-2-3-4-5-17-6-8-18(9-7-17)19-10-12-20(13-11-19)22-15-24-23(27-22)14-21(16-25)26-24/h10-15,17-18H,2-9H2,1H3. The Bertz CT molecular complexity index is 886. The van der Waals surface area contributed by atoms with E-state index in [0.717, 1.165) is 16.7 Å². The summed E-state index contributed by atoms with van der Waals surface area (Å²) in [6.07, 6.45) is 11.2. The molecule has 2 aromatic heterocycles. The van der Waals surface area contributed by atoms with Crippen molar-refractivity contribution in [1.29, 1.82) is 5.26 Å². The van der Waals surface area contributed by atoms with Crippen molar-refractivity contribution in [3.63, 3.8) is 0 Å². The molecule has 0 N–H and O–H groups in total. The highest BCUT2D eigenvalue weighted by Crippen LogP contribution is 2.40.